The van der Waals surface area contributed by atoms with Gasteiger partial charge in [0.05, 0.1) is 13.0 Å². The number of ether oxygens (including phenoxy) is 2. The number of hydrogen-bond acceptors (Lipinski definition) is 4. The molecular formula is C15H19NO5. The smallest absolute Gasteiger partial charge is 0.407 e. The summed E-state index contributed by atoms with van der Waals surface area (Å²) in [7, 11) is 0. The van der Waals surface area contributed by atoms with Gasteiger partial charge in [0.1, 0.15) is 6.61 Å². The van der Waals surface area contributed by atoms with Gasteiger partial charge in [0.15, 0.2) is 0 Å². The zero-order valence-corrected chi connectivity index (χ0v) is 11.7. The number of carbonyl (C=O) groups is 2. The van der Waals surface area contributed by atoms with Crippen molar-refractivity contribution < 1.29 is 24.2 Å². The molecule has 21 heavy (non-hydrogen) atoms. The van der Waals surface area contributed by atoms with Gasteiger partial charge in [-0.3, -0.25) is 4.79 Å². The van der Waals surface area contributed by atoms with Gasteiger partial charge < -0.3 is 19.9 Å². The van der Waals surface area contributed by atoms with E-state index in [-0.39, 0.29) is 18.9 Å². The van der Waals surface area contributed by atoms with Crippen LogP contribution in [-0.4, -0.2) is 36.4 Å². The molecule has 6 heteroatoms. The van der Waals surface area contributed by atoms with Crippen LogP contribution in [0.1, 0.15) is 18.4 Å². The fraction of sp³-hybridized carbons (Fsp3) is 0.467. The minimum absolute atomic E-state index is 0.0189. The standard InChI is InChI=1S/C15H19NO5/c17-14(18)8-13(12-6-7-20-10-12)16-15(19)21-9-11-4-2-1-3-5-11/h1-5,12-13H,6-10H2,(H,16,19)(H,17,18)/t12-,13+/m1/s1. The molecule has 0 bridgehead atoms. The molecule has 1 fully saturated rings. The lowest BCUT2D eigenvalue weighted by atomic mass is 9.96. The van der Waals surface area contributed by atoms with Crippen LogP contribution in [0.3, 0.4) is 0 Å². The van der Waals surface area contributed by atoms with E-state index in [1.54, 1.807) is 0 Å². The summed E-state index contributed by atoms with van der Waals surface area (Å²) < 4.78 is 10.4. The van der Waals surface area contributed by atoms with Crippen molar-refractivity contribution in [1.29, 1.82) is 0 Å². The van der Waals surface area contributed by atoms with Crippen LogP contribution in [0.15, 0.2) is 30.3 Å². The fourth-order valence-corrected chi connectivity index (χ4v) is 2.31. The molecule has 1 aliphatic heterocycles. The first-order valence-corrected chi connectivity index (χ1v) is 6.92. The molecule has 1 saturated heterocycles. The summed E-state index contributed by atoms with van der Waals surface area (Å²) in [5.41, 5.74) is 0.881. The van der Waals surface area contributed by atoms with Crippen LogP contribution in [0, 0.1) is 5.92 Å². The van der Waals surface area contributed by atoms with E-state index in [0.29, 0.717) is 13.2 Å². The monoisotopic (exact) mass is 293 g/mol. The largest absolute Gasteiger partial charge is 0.481 e. The lowest BCUT2D eigenvalue weighted by Crippen LogP contribution is -2.42. The molecule has 1 amide bonds. The van der Waals surface area contributed by atoms with Crippen molar-refractivity contribution in [2.24, 2.45) is 5.92 Å². The molecule has 0 spiro atoms. The van der Waals surface area contributed by atoms with Crippen molar-refractivity contribution in [2.45, 2.75) is 25.5 Å². The first-order valence-electron chi connectivity index (χ1n) is 6.92. The Balaban J connectivity index is 1.83. The van der Waals surface area contributed by atoms with Crippen LogP contribution < -0.4 is 5.32 Å². The Morgan fingerprint density at radius 3 is 2.76 bits per heavy atom. The quantitative estimate of drug-likeness (QED) is 0.835. The molecule has 0 radical (unpaired) electrons. The van der Waals surface area contributed by atoms with Crippen LogP contribution in [0.5, 0.6) is 0 Å². The summed E-state index contributed by atoms with van der Waals surface area (Å²) in [5, 5.41) is 11.6. The van der Waals surface area contributed by atoms with Crippen molar-refractivity contribution >= 4 is 12.1 Å². The summed E-state index contributed by atoms with van der Waals surface area (Å²) in [5.74, 6) is -0.930. The highest BCUT2D eigenvalue weighted by atomic mass is 16.5. The molecule has 6 nitrogen and oxygen atoms in total. The zero-order chi connectivity index (χ0) is 15.1. The minimum atomic E-state index is -0.949. The van der Waals surface area contributed by atoms with E-state index in [9.17, 15) is 9.59 Å². The van der Waals surface area contributed by atoms with Gasteiger partial charge >= 0.3 is 12.1 Å². The number of benzene rings is 1. The van der Waals surface area contributed by atoms with Crippen molar-refractivity contribution in [3.8, 4) is 0 Å². The molecular weight excluding hydrogens is 274 g/mol. The van der Waals surface area contributed by atoms with Crippen LogP contribution in [0.2, 0.25) is 0 Å². The molecule has 0 saturated carbocycles. The van der Waals surface area contributed by atoms with Gasteiger partial charge in [0.25, 0.3) is 0 Å². The third-order valence-corrected chi connectivity index (χ3v) is 3.44. The van der Waals surface area contributed by atoms with Gasteiger partial charge in [-0.1, -0.05) is 30.3 Å². The third-order valence-electron chi connectivity index (χ3n) is 3.44. The van der Waals surface area contributed by atoms with Crippen LogP contribution in [0.25, 0.3) is 0 Å². The zero-order valence-electron chi connectivity index (χ0n) is 11.7. The summed E-state index contributed by atoms with van der Waals surface area (Å²) >= 11 is 0. The van der Waals surface area contributed by atoms with E-state index in [0.717, 1.165) is 12.0 Å². The Labute approximate surface area is 123 Å². The highest BCUT2D eigenvalue weighted by Crippen LogP contribution is 2.19. The van der Waals surface area contributed by atoms with Crippen LogP contribution in [-0.2, 0) is 20.9 Å². The van der Waals surface area contributed by atoms with Crippen molar-refractivity contribution in [3.63, 3.8) is 0 Å². The maximum Gasteiger partial charge on any atom is 0.407 e. The molecule has 2 N–H and O–H groups in total. The number of carboxylic acid groups (broad SMARTS) is 1. The second-order valence-corrected chi connectivity index (χ2v) is 5.03. The van der Waals surface area contributed by atoms with E-state index in [4.69, 9.17) is 14.6 Å². The Kier molecular flexibility index (Phi) is 5.57. The number of hydrogen-bond donors (Lipinski definition) is 2. The summed E-state index contributed by atoms with van der Waals surface area (Å²) in [4.78, 5) is 22.7. The van der Waals surface area contributed by atoms with Gasteiger partial charge in [-0.05, 0) is 12.0 Å². The van der Waals surface area contributed by atoms with Crippen molar-refractivity contribution in [3.05, 3.63) is 35.9 Å². The molecule has 1 heterocycles. The van der Waals surface area contributed by atoms with Crippen LogP contribution >= 0.6 is 0 Å². The second-order valence-electron chi connectivity index (χ2n) is 5.03. The maximum absolute atomic E-state index is 11.8. The highest BCUT2D eigenvalue weighted by Gasteiger charge is 2.29. The number of amides is 1. The Hall–Kier alpha value is -2.08. The maximum atomic E-state index is 11.8. The molecule has 2 atom stereocenters. The number of aliphatic carboxylic acids is 1. The molecule has 2 rings (SSSR count). The molecule has 1 aromatic carbocycles. The first kappa shape index (κ1) is 15.3. The van der Waals surface area contributed by atoms with E-state index in [2.05, 4.69) is 5.32 Å². The average molecular weight is 293 g/mol. The molecule has 0 aromatic heterocycles. The number of alkyl carbamates (subject to hydrolysis) is 1. The minimum Gasteiger partial charge on any atom is -0.481 e. The SMILES string of the molecule is O=C(O)C[C@H](NC(=O)OCc1ccccc1)[C@@H]1CCOC1. The van der Waals surface area contributed by atoms with Gasteiger partial charge in [-0.25, -0.2) is 4.79 Å². The predicted octanol–water partition coefficient (Wildman–Crippen LogP) is 1.79. The van der Waals surface area contributed by atoms with Gasteiger partial charge in [0, 0.05) is 18.6 Å². The van der Waals surface area contributed by atoms with E-state index >= 15 is 0 Å². The van der Waals surface area contributed by atoms with Crippen molar-refractivity contribution in [1.82, 2.24) is 5.32 Å². The van der Waals surface area contributed by atoms with E-state index in [1.165, 1.54) is 0 Å². The fourth-order valence-electron chi connectivity index (χ4n) is 2.31. The Bertz CT molecular complexity index is 470. The van der Waals surface area contributed by atoms with Gasteiger partial charge in [0.2, 0.25) is 0 Å². The summed E-state index contributed by atoms with van der Waals surface area (Å²) in [6.07, 6.45) is 0.0164. The topological polar surface area (TPSA) is 84.9 Å². The number of rotatable bonds is 6. The molecule has 1 aromatic rings. The molecule has 0 aliphatic carbocycles. The Morgan fingerprint density at radius 1 is 1.38 bits per heavy atom. The number of carboxylic acids is 1. The normalized spacial score (nSPS) is 19.0. The average Bonchev–Trinajstić information content (AvgIpc) is 2.99. The lowest BCUT2D eigenvalue weighted by Gasteiger charge is -2.21. The number of nitrogens with one attached hydrogen (secondary N) is 1. The summed E-state index contributed by atoms with van der Waals surface area (Å²) in [6.45, 7) is 1.23. The van der Waals surface area contributed by atoms with E-state index < -0.39 is 18.1 Å². The van der Waals surface area contributed by atoms with Crippen molar-refractivity contribution in [2.75, 3.05) is 13.2 Å². The van der Waals surface area contributed by atoms with E-state index in [1.807, 2.05) is 30.3 Å². The summed E-state index contributed by atoms with van der Waals surface area (Å²) in [6, 6.07) is 8.85. The molecule has 1 aliphatic rings. The molecule has 114 valence electrons. The third kappa shape index (κ3) is 5.07. The predicted molar refractivity (Wildman–Crippen MR) is 74.7 cm³/mol. The Morgan fingerprint density at radius 2 is 2.14 bits per heavy atom. The number of carbonyl (C=O) groups excluding carboxylic acids is 1. The molecule has 0 unspecified atom stereocenters. The van der Waals surface area contributed by atoms with Gasteiger partial charge in [-0.2, -0.15) is 0 Å². The first-order chi connectivity index (χ1) is 10.1. The highest BCUT2D eigenvalue weighted by molar-refractivity contribution is 5.71. The van der Waals surface area contributed by atoms with Crippen LogP contribution in [0.4, 0.5) is 4.79 Å². The lowest BCUT2D eigenvalue weighted by molar-refractivity contribution is -0.137. The van der Waals surface area contributed by atoms with Gasteiger partial charge in [-0.15, -0.1) is 0 Å². The second kappa shape index (κ2) is 7.64.